The van der Waals surface area contributed by atoms with Crippen molar-refractivity contribution in [3.8, 4) is 11.5 Å². The molecule has 4 rings (SSSR count). The van der Waals surface area contributed by atoms with Crippen molar-refractivity contribution in [3.05, 3.63) is 95.8 Å². The van der Waals surface area contributed by atoms with Gasteiger partial charge in [-0.3, -0.25) is 9.78 Å². The van der Waals surface area contributed by atoms with E-state index in [4.69, 9.17) is 9.47 Å². The molecule has 31 heavy (non-hydrogen) atoms. The lowest BCUT2D eigenvalue weighted by molar-refractivity contribution is 0.0772. The van der Waals surface area contributed by atoms with Crippen molar-refractivity contribution in [2.45, 2.75) is 20.0 Å². The van der Waals surface area contributed by atoms with Crippen molar-refractivity contribution in [2.24, 2.45) is 0 Å². The first kappa shape index (κ1) is 20.7. The summed E-state index contributed by atoms with van der Waals surface area (Å²) in [6.07, 6.45) is 6.47. The fraction of sp³-hybridized carbons (Fsp3) is 0.231. The number of benzene rings is 2. The number of amides is 1. The number of nitrogens with zero attached hydrogens (tertiary/aromatic N) is 2. The van der Waals surface area contributed by atoms with Gasteiger partial charge < -0.3 is 14.4 Å². The molecule has 2 aromatic carbocycles. The average Bonchev–Trinajstić information content (AvgIpc) is 2.84. The summed E-state index contributed by atoms with van der Waals surface area (Å²) < 4.78 is 11.7. The van der Waals surface area contributed by atoms with Gasteiger partial charge in [0.15, 0.2) is 11.5 Å². The van der Waals surface area contributed by atoms with Gasteiger partial charge in [0, 0.05) is 31.0 Å². The highest BCUT2D eigenvalue weighted by Gasteiger charge is 2.21. The van der Waals surface area contributed by atoms with Crippen LogP contribution in [-0.2, 0) is 6.61 Å². The molecule has 3 aromatic rings. The van der Waals surface area contributed by atoms with Crippen molar-refractivity contribution in [1.82, 2.24) is 9.88 Å². The Morgan fingerprint density at radius 1 is 1.00 bits per heavy atom. The van der Waals surface area contributed by atoms with Crippen LogP contribution < -0.4 is 9.47 Å². The monoisotopic (exact) mass is 414 g/mol. The molecular formula is C26H26N2O3. The van der Waals surface area contributed by atoms with E-state index < -0.39 is 0 Å². The summed E-state index contributed by atoms with van der Waals surface area (Å²) in [5.41, 5.74) is 4.15. The molecule has 2 heterocycles. The summed E-state index contributed by atoms with van der Waals surface area (Å²) in [4.78, 5) is 19.0. The predicted molar refractivity (Wildman–Crippen MR) is 121 cm³/mol. The second kappa shape index (κ2) is 9.94. The first-order valence-corrected chi connectivity index (χ1v) is 10.6. The van der Waals surface area contributed by atoms with Crippen LogP contribution in [0, 0.1) is 0 Å². The van der Waals surface area contributed by atoms with E-state index >= 15 is 0 Å². The van der Waals surface area contributed by atoms with E-state index in [-0.39, 0.29) is 5.91 Å². The second-order valence-electron chi connectivity index (χ2n) is 7.34. The number of aromatic nitrogens is 1. The molecule has 0 bridgehead atoms. The van der Waals surface area contributed by atoms with Crippen LogP contribution in [0.25, 0.3) is 5.57 Å². The Labute approximate surface area is 183 Å². The molecule has 5 nitrogen and oxygen atoms in total. The minimum Gasteiger partial charge on any atom is -0.490 e. The van der Waals surface area contributed by atoms with Gasteiger partial charge in [-0.2, -0.15) is 0 Å². The van der Waals surface area contributed by atoms with E-state index in [1.807, 2.05) is 54.3 Å². The zero-order valence-electron chi connectivity index (χ0n) is 17.7. The zero-order chi connectivity index (χ0) is 21.5. The van der Waals surface area contributed by atoms with Crippen molar-refractivity contribution >= 4 is 11.5 Å². The zero-order valence-corrected chi connectivity index (χ0v) is 17.7. The number of hydrogen-bond acceptors (Lipinski definition) is 4. The van der Waals surface area contributed by atoms with E-state index in [1.165, 1.54) is 11.1 Å². The van der Waals surface area contributed by atoms with Crippen LogP contribution in [0.1, 0.15) is 34.8 Å². The number of rotatable bonds is 7. The number of ether oxygens (including phenoxy) is 2. The highest BCUT2D eigenvalue weighted by atomic mass is 16.5. The molecule has 0 unspecified atom stereocenters. The molecule has 1 aliphatic heterocycles. The molecule has 1 amide bonds. The van der Waals surface area contributed by atoms with Crippen LogP contribution in [-0.4, -0.2) is 35.5 Å². The topological polar surface area (TPSA) is 51.7 Å². The Morgan fingerprint density at radius 2 is 1.81 bits per heavy atom. The molecule has 1 aliphatic rings. The summed E-state index contributed by atoms with van der Waals surface area (Å²) in [7, 11) is 0. The van der Waals surface area contributed by atoms with Crippen molar-refractivity contribution in [3.63, 3.8) is 0 Å². The standard InChI is InChI=1S/C26H26N2O3/c1-2-30-25-18-23(8-9-24(25)31-19-20-10-14-27-15-11-20)26(29)28-16-12-22(13-17-28)21-6-4-3-5-7-21/h3-12,14-15,18H,2,13,16-17,19H2,1H3. The largest absolute Gasteiger partial charge is 0.490 e. The number of carbonyl (C=O) groups is 1. The van der Waals surface area contributed by atoms with E-state index in [1.54, 1.807) is 18.5 Å². The third-order valence-electron chi connectivity index (χ3n) is 5.28. The van der Waals surface area contributed by atoms with Crippen molar-refractivity contribution in [1.29, 1.82) is 0 Å². The quantitative estimate of drug-likeness (QED) is 0.547. The smallest absolute Gasteiger partial charge is 0.254 e. The molecule has 0 fully saturated rings. The predicted octanol–water partition coefficient (Wildman–Crippen LogP) is 4.99. The van der Waals surface area contributed by atoms with Gasteiger partial charge in [0.25, 0.3) is 5.91 Å². The number of carbonyl (C=O) groups excluding carboxylic acids is 1. The van der Waals surface area contributed by atoms with Crippen LogP contribution >= 0.6 is 0 Å². The Balaban J connectivity index is 1.45. The molecule has 0 atom stereocenters. The average molecular weight is 415 g/mol. The van der Waals surface area contributed by atoms with E-state index in [0.717, 1.165) is 12.0 Å². The Hall–Kier alpha value is -3.60. The lowest BCUT2D eigenvalue weighted by Crippen LogP contribution is -2.34. The molecule has 0 aliphatic carbocycles. The number of hydrogen-bond donors (Lipinski definition) is 0. The third-order valence-corrected chi connectivity index (χ3v) is 5.28. The first-order chi connectivity index (χ1) is 15.2. The molecule has 0 spiro atoms. The molecule has 158 valence electrons. The minimum absolute atomic E-state index is 0.00463. The lowest BCUT2D eigenvalue weighted by atomic mass is 9.99. The van der Waals surface area contributed by atoms with Gasteiger partial charge in [0.05, 0.1) is 6.61 Å². The lowest BCUT2D eigenvalue weighted by Gasteiger charge is -2.27. The Morgan fingerprint density at radius 3 is 2.52 bits per heavy atom. The molecule has 0 N–H and O–H groups in total. The molecule has 0 radical (unpaired) electrons. The summed E-state index contributed by atoms with van der Waals surface area (Å²) in [6, 6.07) is 19.6. The maximum atomic E-state index is 13.1. The van der Waals surface area contributed by atoms with Crippen LogP contribution in [0.15, 0.2) is 79.1 Å². The van der Waals surface area contributed by atoms with Crippen LogP contribution in [0.4, 0.5) is 0 Å². The van der Waals surface area contributed by atoms with Gasteiger partial charge in [-0.15, -0.1) is 0 Å². The molecule has 0 saturated heterocycles. The third kappa shape index (κ3) is 5.12. The summed E-state index contributed by atoms with van der Waals surface area (Å²) in [6.45, 7) is 4.13. The van der Waals surface area contributed by atoms with E-state index in [9.17, 15) is 4.79 Å². The molecule has 5 heteroatoms. The first-order valence-electron chi connectivity index (χ1n) is 10.6. The van der Waals surface area contributed by atoms with Crippen molar-refractivity contribution in [2.75, 3.05) is 19.7 Å². The van der Waals surface area contributed by atoms with E-state index in [0.29, 0.717) is 43.4 Å². The SMILES string of the molecule is CCOc1cc(C(=O)N2CC=C(c3ccccc3)CC2)ccc1OCc1ccncc1. The van der Waals surface area contributed by atoms with Gasteiger partial charge in [-0.1, -0.05) is 36.4 Å². The summed E-state index contributed by atoms with van der Waals surface area (Å²) >= 11 is 0. The van der Waals surface area contributed by atoms with Gasteiger partial charge in [0.1, 0.15) is 6.61 Å². The van der Waals surface area contributed by atoms with Gasteiger partial charge >= 0.3 is 0 Å². The minimum atomic E-state index is 0.00463. The highest BCUT2D eigenvalue weighted by molar-refractivity contribution is 5.95. The molecule has 1 aromatic heterocycles. The van der Waals surface area contributed by atoms with Crippen LogP contribution in [0.3, 0.4) is 0 Å². The normalized spacial score (nSPS) is 13.5. The summed E-state index contributed by atoms with van der Waals surface area (Å²) in [5.74, 6) is 1.21. The highest BCUT2D eigenvalue weighted by Crippen LogP contribution is 2.30. The molecular weight excluding hydrogens is 388 g/mol. The maximum Gasteiger partial charge on any atom is 0.254 e. The maximum absolute atomic E-state index is 13.1. The van der Waals surface area contributed by atoms with Crippen LogP contribution in [0.5, 0.6) is 11.5 Å². The Bertz CT molecular complexity index is 1050. The van der Waals surface area contributed by atoms with Crippen LogP contribution in [0.2, 0.25) is 0 Å². The fourth-order valence-electron chi connectivity index (χ4n) is 3.62. The van der Waals surface area contributed by atoms with E-state index in [2.05, 4.69) is 23.2 Å². The van der Waals surface area contributed by atoms with Gasteiger partial charge in [0.2, 0.25) is 0 Å². The fourth-order valence-corrected chi connectivity index (χ4v) is 3.62. The number of pyridine rings is 1. The van der Waals surface area contributed by atoms with Gasteiger partial charge in [-0.25, -0.2) is 0 Å². The van der Waals surface area contributed by atoms with Gasteiger partial charge in [-0.05, 0) is 60.4 Å². The second-order valence-corrected chi connectivity index (χ2v) is 7.34. The van der Waals surface area contributed by atoms with Crippen molar-refractivity contribution < 1.29 is 14.3 Å². The summed E-state index contributed by atoms with van der Waals surface area (Å²) in [5, 5.41) is 0. The molecule has 0 saturated carbocycles. The Kier molecular flexibility index (Phi) is 6.62.